The van der Waals surface area contributed by atoms with Gasteiger partial charge >= 0.3 is 0 Å². The summed E-state index contributed by atoms with van der Waals surface area (Å²) in [5, 5.41) is 2.89. The molecule has 10 heteroatoms. The molecule has 0 spiro atoms. The molecule has 0 bridgehead atoms. The van der Waals surface area contributed by atoms with Gasteiger partial charge in [0.05, 0.1) is 15.6 Å². The number of para-hydroxylation sites is 1. The molecule has 4 rings (SSSR count). The van der Waals surface area contributed by atoms with E-state index in [0.717, 1.165) is 9.87 Å². The Labute approximate surface area is 250 Å². The van der Waals surface area contributed by atoms with Gasteiger partial charge in [-0.25, -0.2) is 12.8 Å². The zero-order valence-corrected chi connectivity index (χ0v) is 24.6. The second-order valence-electron chi connectivity index (χ2n) is 9.49. The van der Waals surface area contributed by atoms with Crippen molar-refractivity contribution in [3.05, 3.63) is 131 Å². The summed E-state index contributed by atoms with van der Waals surface area (Å²) in [6.07, 6.45) is 0.129. The summed E-state index contributed by atoms with van der Waals surface area (Å²) in [6.45, 7) is 1.12. The molecule has 0 aliphatic rings. The maximum Gasteiger partial charge on any atom is 0.264 e. The largest absolute Gasteiger partial charge is 0.355 e. The van der Waals surface area contributed by atoms with Crippen molar-refractivity contribution in [3.8, 4) is 0 Å². The lowest BCUT2D eigenvalue weighted by Crippen LogP contribution is -2.53. The Morgan fingerprint density at radius 3 is 2.10 bits per heavy atom. The maximum absolute atomic E-state index is 14.9. The van der Waals surface area contributed by atoms with E-state index in [2.05, 4.69) is 5.32 Å². The number of hydrogen-bond donors (Lipinski definition) is 1. The highest BCUT2D eigenvalue weighted by Gasteiger charge is 2.35. The molecule has 0 aliphatic heterocycles. The number of rotatable bonds is 12. The summed E-state index contributed by atoms with van der Waals surface area (Å²) >= 11 is 6.44. The molecule has 0 heterocycles. The number of benzene rings is 4. The van der Waals surface area contributed by atoms with Gasteiger partial charge in [0, 0.05) is 25.1 Å². The summed E-state index contributed by atoms with van der Waals surface area (Å²) < 4.78 is 43.6. The smallest absolute Gasteiger partial charge is 0.264 e. The molecule has 0 fully saturated rings. The van der Waals surface area contributed by atoms with Crippen LogP contribution in [0.25, 0.3) is 0 Å². The van der Waals surface area contributed by atoms with E-state index in [9.17, 15) is 22.4 Å². The van der Waals surface area contributed by atoms with Crippen molar-refractivity contribution in [2.75, 3.05) is 17.4 Å². The maximum atomic E-state index is 14.9. The Kier molecular flexibility index (Phi) is 10.3. The van der Waals surface area contributed by atoms with Crippen molar-refractivity contribution in [2.24, 2.45) is 0 Å². The summed E-state index contributed by atoms with van der Waals surface area (Å²) in [6, 6.07) is 28.0. The summed E-state index contributed by atoms with van der Waals surface area (Å²) in [5.41, 5.74) is 1.06. The molecule has 0 aliphatic carbocycles. The van der Waals surface area contributed by atoms with Crippen LogP contribution in [-0.4, -0.2) is 44.3 Å². The van der Waals surface area contributed by atoms with Gasteiger partial charge in [-0.15, -0.1) is 0 Å². The van der Waals surface area contributed by atoms with E-state index in [1.165, 1.54) is 47.4 Å². The molecule has 0 saturated heterocycles. The number of nitrogens with one attached hydrogen (secondary N) is 1. The van der Waals surface area contributed by atoms with Crippen LogP contribution in [0.2, 0.25) is 5.02 Å². The van der Waals surface area contributed by atoms with Crippen molar-refractivity contribution in [3.63, 3.8) is 0 Å². The third-order valence-electron chi connectivity index (χ3n) is 6.65. The number of hydrogen-bond acceptors (Lipinski definition) is 4. The average Bonchev–Trinajstić information content (AvgIpc) is 3.00. The Hall–Kier alpha value is -4.21. The van der Waals surface area contributed by atoms with E-state index in [4.69, 9.17) is 11.6 Å². The molecule has 0 unspecified atom stereocenters. The third kappa shape index (κ3) is 7.35. The fourth-order valence-corrected chi connectivity index (χ4v) is 6.29. The minimum absolute atomic E-state index is 0.0389. The van der Waals surface area contributed by atoms with Crippen LogP contribution in [0.15, 0.2) is 114 Å². The first-order chi connectivity index (χ1) is 20.2. The number of carbonyl (C=O) groups is 2. The van der Waals surface area contributed by atoms with Crippen molar-refractivity contribution in [1.82, 2.24) is 10.2 Å². The van der Waals surface area contributed by atoms with Crippen molar-refractivity contribution in [1.29, 1.82) is 0 Å². The number of halogens is 2. The number of amides is 2. The van der Waals surface area contributed by atoms with Crippen LogP contribution in [0, 0.1) is 5.82 Å². The van der Waals surface area contributed by atoms with Gasteiger partial charge in [-0.2, -0.15) is 0 Å². The van der Waals surface area contributed by atoms with Crippen LogP contribution in [0.1, 0.15) is 18.1 Å². The number of carbonyl (C=O) groups excluding carboxylic acids is 2. The van der Waals surface area contributed by atoms with Gasteiger partial charge < -0.3 is 10.2 Å². The normalized spacial score (nSPS) is 11.9. The highest BCUT2D eigenvalue weighted by atomic mass is 35.5. The molecule has 1 N–H and O–H groups in total. The standard InChI is InChI=1S/C32H31ClFN3O4S/c1-2-35-32(39)30(21-24-13-5-3-6-14-24)36(22-25-15-9-11-19-28(25)34)31(38)23-37(29-20-12-10-18-27(29)33)42(40,41)26-16-7-4-8-17-26/h3-20,30H,2,21-23H2,1H3,(H,35,39)/t30-/m1/s1. The van der Waals surface area contributed by atoms with Gasteiger partial charge in [0.2, 0.25) is 11.8 Å². The Bertz CT molecular complexity index is 1620. The molecular weight excluding hydrogens is 577 g/mol. The van der Waals surface area contributed by atoms with E-state index >= 15 is 0 Å². The zero-order chi connectivity index (χ0) is 30.1. The second kappa shape index (κ2) is 14.1. The predicted molar refractivity (Wildman–Crippen MR) is 162 cm³/mol. The minimum atomic E-state index is -4.27. The first-order valence-corrected chi connectivity index (χ1v) is 15.2. The Morgan fingerprint density at radius 2 is 1.45 bits per heavy atom. The highest BCUT2D eigenvalue weighted by molar-refractivity contribution is 7.92. The van der Waals surface area contributed by atoms with Crippen molar-refractivity contribution in [2.45, 2.75) is 30.8 Å². The lowest BCUT2D eigenvalue weighted by Gasteiger charge is -2.34. The molecule has 42 heavy (non-hydrogen) atoms. The molecular formula is C32H31ClFN3O4S. The molecule has 7 nitrogen and oxygen atoms in total. The van der Waals surface area contributed by atoms with Gasteiger partial charge in [0.25, 0.3) is 10.0 Å². The topological polar surface area (TPSA) is 86.8 Å². The van der Waals surface area contributed by atoms with Crippen LogP contribution >= 0.6 is 11.6 Å². The van der Waals surface area contributed by atoms with Gasteiger partial charge in [0.15, 0.2) is 0 Å². The van der Waals surface area contributed by atoms with Gasteiger partial charge in [-0.05, 0) is 42.8 Å². The number of nitrogens with zero attached hydrogens (tertiary/aromatic N) is 2. The molecule has 2 amide bonds. The van der Waals surface area contributed by atoms with Gasteiger partial charge in [-0.1, -0.05) is 90.5 Å². The Balaban J connectivity index is 1.81. The van der Waals surface area contributed by atoms with Gasteiger partial charge in [0.1, 0.15) is 18.4 Å². The average molecular weight is 608 g/mol. The molecule has 0 radical (unpaired) electrons. The fraction of sp³-hybridized carbons (Fsp3) is 0.188. The van der Waals surface area contributed by atoms with E-state index in [1.54, 1.807) is 43.3 Å². The SMILES string of the molecule is CCNC(=O)[C@@H](Cc1ccccc1)N(Cc1ccccc1F)C(=O)CN(c1ccccc1Cl)S(=O)(=O)c1ccccc1. The molecule has 218 valence electrons. The van der Waals surface area contributed by atoms with E-state index in [-0.39, 0.29) is 34.1 Å². The van der Waals surface area contributed by atoms with E-state index < -0.39 is 40.2 Å². The van der Waals surface area contributed by atoms with E-state index in [1.807, 2.05) is 30.3 Å². The molecule has 4 aromatic rings. The van der Waals surface area contributed by atoms with Crippen LogP contribution in [0.5, 0.6) is 0 Å². The molecule has 0 aromatic heterocycles. The first kappa shape index (κ1) is 30.7. The van der Waals surface area contributed by atoms with Crippen molar-refractivity contribution < 1.29 is 22.4 Å². The summed E-state index contributed by atoms with van der Waals surface area (Å²) in [4.78, 5) is 28.9. The second-order valence-corrected chi connectivity index (χ2v) is 11.8. The minimum Gasteiger partial charge on any atom is -0.355 e. The monoisotopic (exact) mass is 607 g/mol. The number of anilines is 1. The van der Waals surface area contributed by atoms with Crippen LogP contribution in [0.3, 0.4) is 0 Å². The summed E-state index contributed by atoms with van der Waals surface area (Å²) in [7, 11) is -4.27. The lowest BCUT2D eigenvalue weighted by molar-refractivity contribution is -0.140. The van der Waals surface area contributed by atoms with Gasteiger partial charge in [-0.3, -0.25) is 13.9 Å². The third-order valence-corrected chi connectivity index (χ3v) is 8.75. The zero-order valence-electron chi connectivity index (χ0n) is 23.0. The lowest BCUT2D eigenvalue weighted by atomic mass is 10.0. The van der Waals surface area contributed by atoms with E-state index in [0.29, 0.717) is 6.54 Å². The molecule has 1 atom stereocenters. The van der Waals surface area contributed by atoms with Crippen molar-refractivity contribution >= 4 is 39.1 Å². The van der Waals surface area contributed by atoms with Crippen LogP contribution in [0.4, 0.5) is 10.1 Å². The molecule has 4 aromatic carbocycles. The fourth-order valence-electron chi connectivity index (χ4n) is 4.54. The highest BCUT2D eigenvalue weighted by Crippen LogP contribution is 2.31. The number of sulfonamides is 1. The summed E-state index contributed by atoms with van der Waals surface area (Å²) in [5.74, 6) is -1.70. The van der Waals surface area contributed by atoms with Crippen LogP contribution < -0.4 is 9.62 Å². The predicted octanol–water partition coefficient (Wildman–Crippen LogP) is 5.45. The quantitative estimate of drug-likeness (QED) is 0.232. The Morgan fingerprint density at radius 1 is 0.857 bits per heavy atom. The first-order valence-electron chi connectivity index (χ1n) is 13.4. The molecule has 0 saturated carbocycles. The number of likely N-dealkylation sites (N-methyl/N-ethyl adjacent to an activating group) is 1. The van der Waals surface area contributed by atoms with Crippen LogP contribution in [-0.2, 0) is 32.6 Å².